The van der Waals surface area contributed by atoms with Gasteiger partial charge in [-0.3, -0.25) is 0 Å². The van der Waals surface area contributed by atoms with Gasteiger partial charge in [0.2, 0.25) is 5.88 Å². The van der Waals surface area contributed by atoms with Crippen molar-refractivity contribution in [2.45, 2.75) is 130 Å². The van der Waals surface area contributed by atoms with Crippen LogP contribution in [-0.4, -0.2) is 16.6 Å². The Kier molecular flexibility index (Phi) is 10.4. The zero-order chi connectivity index (χ0) is 23.6. The quantitative estimate of drug-likeness (QED) is 0.275. The molecule has 3 heteroatoms. The minimum Gasteiger partial charge on any atom is -0.476 e. The molecule has 0 saturated heterocycles. The first kappa shape index (κ1) is 26.6. The molecule has 0 aliphatic carbocycles. The molecule has 1 heterocycles. The standard InChI is InChI=1S/C29H48N2O/c1-8-11-13-15-20-29(7,21-16-14-12-9-2)23-18-17-19-24-25(23)31-26(28(4,5)6)27(30-24)32-22-10-3/h17-19H,8-16,20-22H2,1-7H3. The number of unbranched alkanes of at least 4 members (excludes halogenated alkanes) is 6. The zero-order valence-electron chi connectivity index (χ0n) is 22.0. The molecule has 1 aromatic heterocycles. The molecule has 0 N–H and O–H groups in total. The van der Waals surface area contributed by atoms with E-state index in [2.05, 4.69) is 66.7 Å². The van der Waals surface area contributed by atoms with Crippen molar-refractivity contribution < 1.29 is 4.74 Å². The summed E-state index contributed by atoms with van der Waals surface area (Å²) in [4.78, 5) is 10.3. The van der Waals surface area contributed by atoms with Gasteiger partial charge >= 0.3 is 0 Å². The normalized spacial score (nSPS) is 12.5. The summed E-state index contributed by atoms with van der Waals surface area (Å²) in [6.45, 7) is 16.5. The molecule has 0 spiro atoms. The summed E-state index contributed by atoms with van der Waals surface area (Å²) in [6, 6.07) is 6.59. The van der Waals surface area contributed by atoms with Crippen LogP contribution in [0.2, 0.25) is 0 Å². The van der Waals surface area contributed by atoms with Crippen molar-refractivity contribution in [3.8, 4) is 5.88 Å². The molecule has 1 aromatic carbocycles. The molecule has 0 aliphatic heterocycles. The Morgan fingerprint density at radius 2 is 1.38 bits per heavy atom. The summed E-state index contributed by atoms with van der Waals surface area (Å²) in [5.74, 6) is 0.705. The number of hydrogen-bond acceptors (Lipinski definition) is 3. The number of aromatic nitrogens is 2. The van der Waals surface area contributed by atoms with Crippen molar-refractivity contribution in [1.29, 1.82) is 0 Å². The van der Waals surface area contributed by atoms with Gasteiger partial charge in [-0.05, 0) is 36.3 Å². The molecule has 180 valence electrons. The molecule has 0 amide bonds. The van der Waals surface area contributed by atoms with Crippen LogP contribution in [0.3, 0.4) is 0 Å². The lowest BCUT2D eigenvalue weighted by atomic mass is 9.73. The van der Waals surface area contributed by atoms with Crippen LogP contribution < -0.4 is 4.74 Å². The van der Waals surface area contributed by atoms with Crippen LogP contribution in [-0.2, 0) is 10.8 Å². The van der Waals surface area contributed by atoms with E-state index < -0.39 is 0 Å². The average molecular weight is 441 g/mol. The van der Waals surface area contributed by atoms with Gasteiger partial charge in [0.05, 0.1) is 17.6 Å². The molecule has 32 heavy (non-hydrogen) atoms. The van der Waals surface area contributed by atoms with Gasteiger partial charge in [-0.2, -0.15) is 0 Å². The minimum atomic E-state index is -0.115. The second-order valence-electron chi connectivity index (χ2n) is 10.8. The molecule has 0 aliphatic rings. The summed E-state index contributed by atoms with van der Waals surface area (Å²) >= 11 is 0. The fourth-order valence-electron chi connectivity index (χ4n) is 4.61. The van der Waals surface area contributed by atoms with Gasteiger partial charge < -0.3 is 4.74 Å². The van der Waals surface area contributed by atoms with E-state index in [1.54, 1.807) is 0 Å². The summed E-state index contributed by atoms with van der Waals surface area (Å²) in [6.07, 6.45) is 13.8. The van der Waals surface area contributed by atoms with Gasteiger partial charge in [0.1, 0.15) is 5.69 Å². The molecule has 2 aromatic rings. The van der Waals surface area contributed by atoms with E-state index in [9.17, 15) is 0 Å². The van der Waals surface area contributed by atoms with E-state index in [0.717, 1.165) is 23.1 Å². The Hall–Kier alpha value is -1.64. The van der Waals surface area contributed by atoms with Crippen LogP contribution in [0.15, 0.2) is 18.2 Å². The lowest BCUT2D eigenvalue weighted by molar-refractivity contribution is 0.294. The number of ether oxygens (including phenoxy) is 1. The lowest BCUT2D eigenvalue weighted by Gasteiger charge is -2.32. The van der Waals surface area contributed by atoms with Crippen LogP contribution in [0.5, 0.6) is 5.88 Å². The fraction of sp³-hybridized carbons (Fsp3) is 0.724. The highest BCUT2D eigenvalue weighted by molar-refractivity contribution is 5.80. The Morgan fingerprint density at radius 3 is 1.91 bits per heavy atom. The maximum atomic E-state index is 6.06. The predicted octanol–water partition coefficient (Wildman–Crippen LogP) is 8.91. The van der Waals surface area contributed by atoms with E-state index in [-0.39, 0.29) is 10.8 Å². The number of nitrogens with zero attached hydrogens (tertiary/aromatic N) is 2. The molecule has 0 unspecified atom stereocenters. The summed E-state index contributed by atoms with van der Waals surface area (Å²) in [5.41, 5.74) is 4.42. The first-order valence-corrected chi connectivity index (χ1v) is 13.2. The van der Waals surface area contributed by atoms with E-state index in [1.807, 2.05) is 0 Å². The molecular weight excluding hydrogens is 392 g/mol. The highest BCUT2D eigenvalue weighted by Gasteiger charge is 2.30. The van der Waals surface area contributed by atoms with Crippen molar-refractivity contribution in [3.05, 3.63) is 29.5 Å². The Labute approximate surface area is 197 Å². The molecule has 0 atom stereocenters. The van der Waals surface area contributed by atoms with E-state index in [4.69, 9.17) is 14.7 Å². The molecule has 0 fully saturated rings. The van der Waals surface area contributed by atoms with Crippen LogP contribution in [0.25, 0.3) is 11.0 Å². The van der Waals surface area contributed by atoms with Gasteiger partial charge in [0.25, 0.3) is 0 Å². The van der Waals surface area contributed by atoms with Gasteiger partial charge in [-0.25, -0.2) is 9.97 Å². The van der Waals surface area contributed by atoms with E-state index in [1.165, 1.54) is 69.8 Å². The maximum Gasteiger partial charge on any atom is 0.236 e. The van der Waals surface area contributed by atoms with Crippen LogP contribution >= 0.6 is 0 Å². The minimum absolute atomic E-state index is 0.115. The first-order chi connectivity index (χ1) is 15.3. The third-order valence-electron chi connectivity index (χ3n) is 6.63. The van der Waals surface area contributed by atoms with Gasteiger partial charge in [0.15, 0.2) is 0 Å². The number of para-hydroxylation sites is 1. The van der Waals surface area contributed by atoms with Gasteiger partial charge in [-0.15, -0.1) is 0 Å². The van der Waals surface area contributed by atoms with Crippen molar-refractivity contribution in [2.75, 3.05) is 6.61 Å². The maximum absolute atomic E-state index is 6.06. The highest BCUT2D eigenvalue weighted by Crippen LogP contribution is 2.40. The Morgan fingerprint density at radius 1 is 0.750 bits per heavy atom. The third-order valence-corrected chi connectivity index (χ3v) is 6.63. The van der Waals surface area contributed by atoms with Gasteiger partial charge in [0, 0.05) is 5.41 Å². The van der Waals surface area contributed by atoms with Gasteiger partial charge in [-0.1, -0.05) is 112 Å². The second kappa shape index (κ2) is 12.6. The van der Waals surface area contributed by atoms with Crippen molar-refractivity contribution in [1.82, 2.24) is 9.97 Å². The first-order valence-electron chi connectivity index (χ1n) is 13.2. The second-order valence-corrected chi connectivity index (χ2v) is 10.8. The van der Waals surface area contributed by atoms with Crippen molar-refractivity contribution in [2.24, 2.45) is 0 Å². The third kappa shape index (κ3) is 7.18. The highest BCUT2D eigenvalue weighted by atomic mass is 16.5. The predicted molar refractivity (Wildman–Crippen MR) is 139 cm³/mol. The Bertz CT molecular complexity index is 810. The SMILES string of the molecule is CCCCCCC(C)(CCCCCC)c1cccc2nc(OCCC)c(C(C)(C)C)nc12. The molecule has 0 radical (unpaired) electrons. The molecule has 3 nitrogen and oxygen atoms in total. The number of benzene rings is 1. The molecule has 2 rings (SSSR count). The number of rotatable bonds is 14. The van der Waals surface area contributed by atoms with Crippen LogP contribution in [0.1, 0.15) is 130 Å². The lowest BCUT2D eigenvalue weighted by Crippen LogP contribution is -2.24. The molecular formula is C29H48N2O. The van der Waals surface area contributed by atoms with Crippen LogP contribution in [0.4, 0.5) is 0 Å². The van der Waals surface area contributed by atoms with E-state index >= 15 is 0 Å². The summed E-state index contributed by atoms with van der Waals surface area (Å²) < 4.78 is 6.06. The monoisotopic (exact) mass is 440 g/mol. The van der Waals surface area contributed by atoms with E-state index in [0.29, 0.717) is 12.5 Å². The fourth-order valence-corrected chi connectivity index (χ4v) is 4.61. The van der Waals surface area contributed by atoms with Crippen molar-refractivity contribution >= 4 is 11.0 Å². The topological polar surface area (TPSA) is 35.0 Å². The number of fused-ring (bicyclic) bond motifs is 1. The zero-order valence-corrected chi connectivity index (χ0v) is 22.0. The summed E-state index contributed by atoms with van der Waals surface area (Å²) in [7, 11) is 0. The molecule has 0 bridgehead atoms. The van der Waals surface area contributed by atoms with Crippen LogP contribution in [0, 0.1) is 0 Å². The summed E-state index contributed by atoms with van der Waals surface area (Å²) in [5, 5.41) is 0. The largest absolute Gasteiger partial charge is 0.476 e. The Balaban J connectivity index is 2.52. The average Bonchev–Trinajstić information content (AvgIpc) is 2.76. The van der Waals surface area contributed by atoms with Crippen molar-refractivity contribution in [3.63, 3.8) is 0 Å². The number of hydrogen-bond donors (Lipinski definition) is 0. The smallest absolute Gasteiger partial charge is 0.236 e. The molecule has 0 saturated carbocycles.